The van der Waals surface area contributed by atoms with Crippen molar-refractivity contribution < 1.29 is 19.4 Å². The van der Waals surface area contributed by atoms with Crippen LogP contribution in [0, 0.1) is 46.3 Å². The predicted molar refractivity (Wildman–Crippen MR) is 165 cm³/mol. The van der Waals surface area contributed by atoms with Crippen LogP contribution >= 0.6 is 0 Å². The Kier molecular flexibility index (Phi) is 11.0. The third kappa shape index (κ3) is 7.40. The average molecular weight is 573 g/mol. The molecule has 0 bridgehead atoms. The van der Waals surface area contributed by atoms with Crippen LogP contribution in [-0.4, -0.2) is 42.3 Å². The van der Waals surface area contributed by atoms with Gasteiger partial charge in [0.15, 0.2) is 0 Å². The quantitative estimate of drug-likeness (QED) is 0.152. The Bertz CT molecular complexity index is 933. The van der Waals surface area contributed by atoms with Crippen molar-refractivity contribution in [1.29, 1.82) is 0 Å². The first kappa shape index (κ1) is 32.5. The van der Waals surface area contributed by atoms with Crippen molar-refractivity contribution >= 4 is 11.9 Å². The molecule has 4 aliphatic rings. The molecule has 0 heterocycles. The number of nitrogens with one attached hydrogen (secondary N) is 1. The fraction of sp³-hybridized carbons (Fsp3) is 0.886. The van der Waals surface area contributed by atoms with Crippen LogP contribution in [0.15, 0.2) is 11.6 Å². The van der Waals surface area contributed by atoms with Crippen LogP contribution in [0.2, 0.25) is 0 Å². The Labute approximate surface area is 250 Å². The number of aliphatic carboxylic acids is 1. The van der Waals surface area contributed by atoms with Crippen molar-refractivity contribution in [3.8, 4) is 0 Å². The summed E-state index contributed by atoms with van der Waals surface area (Å²) in [6, 6.07) is -0.822. The monoisotopic (exact) mass is 572 g/mol. The number of carbonyl (C=O) groups excluding carboxylic acids is 1. The minimum atomic E-state index is -0.971. The van der Waals surface area contributed by atoms with Crippen molar-refractivity contribution in [3.05, 3.63) is 11.6 Å². The number of fused-ring (bicyclic) bond motifs is 5. The van der Waals surface area contributed by atoms with Crippen molar-refractivity contribution in [2.24, 2.45) is 52.1 Å². The van der Waals surface area contributed by atoms with E-state index in [1.165, 1.54) is 57.8 Å². The smallest absolute Gasteiger partial charge is 0.320 e. The summed E-state index contributed by atoms with van der Waals surface area (Å²) in [5.74, 6) is 4.03. The van der Waals surface area contributed by atoms with Crippen LogP contribution in [0.4, 0.5) is 0 Å². The lowest BCUT2D eigenvalue weighted by atomic mass is 9.47. The number of ether oxygens (including phenoxy) is 1. The van der Waals surface area contributed by atoms with E-state index in [-0.39, 0.29) is 18.6 Å². The molecule has 4 rings (SSSR count). The lowest BCUT2D eigenvalue weighted by molar-refractivity contribution is -0.138. The first-order chi connectivity index (χ1) is 19.5. The summed E-state index contributed by atoms with van der Waals surface area (Å²) >= 11 is 0. The second-order valence-electron chi connectivity index (χ2n) is 15.3. The lowest BCUT2D eigenvalue weighted by Gasteiger charge is -2.58. The number of unbranched alkanes of at least 4 members (excludes halogenated alkanes) is 1. The molecule has 0 radical (unpaired) electrons. The van der Waals surface area contributed by atoms with Gasteiger partial charge in [-0.3, -0.25) is 9.59 Å². The number of carboxylic acids is 1. The van der Waals surface area contributed by atoms with E-state index < -0.39 is 12.0 Å². The molecule has 0 spiro atoms. The van der Waals surface area contributed by atoms with Crippen LogP contribution < -0.4 is 11.1 Å². The Morgan fingerprint density at radius 1 is 1.02 bits per heavy atom. The fourth-order valence-electron chi connectivity index (χ4n) is 9.88. The number of hydrogen-bond donors (Lipinski definition) is 3. The Balaban J connectivity index is 1.25. The number of allylic oxidation sites excluding steroid dienone is 1. The highest BCUT2D eigenvalue weighted by molar-refractivity contribution is 5.77. The van der Waals surface area contributed by atoms with Crippen molar-refractivity contribution in [2.45, 2.75) is 137 Å². The number of amides is 1. The largest absolute Gasteiger partial charge is 0.480 e. The second kappa shape index (κ2) is 13.9. The minimum absolute atomic E-state index is 0.0839. The summed E-state index contributed by atoms with van der Waals surface area (Å²) in [6.45, 7) is 13.1. The van der Waals surface area contributed by atoms with Gasteiger partial charge in [0.1, 0.15) is 12.6 Å². The van der Waals surface area contributed by atoms with Crippen molar-refractivity contribution in [2.75, 3.05) is 13.2 Å². The molecular formula is C35H60N2O4. The maximum absolute atomic E-state index is 12.4. The van der Waals surface area contributed by atoms with Crippen LogP contribution in [0.5, 0.6) is 0 Å². The summed E-state index contributed by atoms with van der Waals surface area (Å²) in [7, 11) is 0. The molecule has 3 fully saturated rings. The number of carbonyl (C=O) groups is 2. The third-order valence-corrected chi connectivity index (χ3v) is 12.3. The van der Waals surface area contributed by atoms with E-state index in [2.05, 4.69) is 46.0 Å². The minimum Gasteiger partial charge on any atom is -0.480 e. The van der Waals surface area contributed by atoms with Gasteiger partial charge >= 0.3 is 5.97 Å². The maximum Gasteiger partial charge on any atom is 0.320 e. The van der Waals surface area contributed by atoms with Gasteiger partial charge in [0.2, 0.25) is 5.91 Å². The number of carboxylic acid groups (broad SMARTS) is 1. The van der Waals surface area contributed by atoms with Gasteiger partial charge in [0.05, 0.1) is 6.10 Å². The van der Waals surface area contributed by atoms with Gasteiger partial charge in [0.25, 0.3) is 0 Å². The highest BCUT2D eigenvalue weighted by atomic mass is 16.5. The molecule has 9 unspecified atom stereocenters. The van der Waals surface area contributed by atoms with E-state index in [0.717, 1.165) is 54.8 Å². The van der Waals surface area contributed by atoms with Gasteiger partial charge in [-0.1, -0.05) is 65.5 Å². The first-order valence-corrected chi connectivity index (χ1v) is 17.0. The molecule has 0 aromatic rings. The van der Waals surface area contributed by atoms with Crippen LogP contribution in [-0.2, 0) is 14.3 Å². The molecule has 3 saturated carbocycles. The van der Waals surface area contributed by atoms with Crippen LogP contribution in [0.3, 0.4) is 0 Å². The van der Waals surface area contributed by atoms with Gasteiger partial charge in [-0.2, -0.15) is 0 Å². The SMILES string of the molecule is CC(C)CCCC(C)C1CCC2C3CC=C4CC(OCC(=O)NCCCCC(N)C(=O)O)CCC4(C)C3CCC12C. The van der Waals surface area contributed by atoms with E-state index >= 15 is 0 Å². The standard InChI is InChI=1S/C35H60N2O4/c1-23(2)9-8-10-24(3)28-14-15-29-27-13-12-25-21-26(16-18-34(25,4)30(27)17-19-35(28,29)5)41-22-32(38)37-20-7-6-11-31(36)33(39)40/h12,23-24,26-31H,6-11,13-22,36H2,1-5H3,(H,37,38)(H,39,40). The molecule has 41 heavy (non-hydrogen) atoms. The average Bonchev–Trinajstić information content (AvgIpc) is 3.28. The molecule has 0 aromatic heterocycles. The molecule has 4 N–H and O–H groups in total. The third-order valence-electron chi connectivity index (χ3n) is 12.3. The molecule has 0 aliphatic heterocycles. The van der Waals surface area contributed by atoms with E-state index in [1.54, 1.807) is 5.57 Å². The molecule has 234 valence electrons. The van der Waals surface area contributed by atoms with Gasteiger partial charge in [-0.25, -0.2) is 0 Å². The van der Waals surface area contributed by atoms with E-state index in [4.69, 9.17) is 15.6 Å². The molecule has 1 amide bonds. The van der Waals surface area contributed by atoms with Gasteiger partial charge in [-0.05, 0) is 117 Å². The highest BCUT2D eigenvalue weighted by Gasteiger charge is 2.59. The summed E-state index contributed by atoms with van der Waals surface area (Å²) in [4.78, 5) is 23.2. The number of hydrogen-bond acceptors (Lipinski definition) is 4. The van der Waals surface area contributed by atoms with E-state index in [0.29, 0.717) is 30.2 Å². The normalized spacial score (nSPS) is 36.1. The van der Waals surface area contributed by atoms with Crippen LogP contribution in [0.1, 0.15) is 125 Å². The molecule has 0 aromatic carbocycles. The van der Waals surface area contributed by atoms with E-state index in [1.807, 2.05) is 0 Å². The molecule has 0 saturated heterocycles. The lowest BCUT2D eigenvalue weighted by Crippen LogP contribution is -2.51. The Hall–Kier alpha value is -1.40. The summed E-state index contributed by atoms with van der Waals surface area (Å²) < 4.78 is 6.12. The molecule has 6 nitrogen and oxygen atoms in total. The van der Waals surface area contributed by atoms with Gasteiger partial charge in [-0.15, -0.1) is 0 Å². The topological polar surface area (TPSA) is 102 Å². The molecular weight excluding hydrogens is 512 g/mol. The van der Waals surface area contributed by atoms with Gasteiger partial charge in [0, 0.05) is 6.54 Å². The van der Waals surface area contributed by atoms with Crippen LogP contribution in [0.25, 0.3) is 0 Å². The Morgan fingerprint density at radius 3 is 2.54 bits per heavy atom. The molecule has 6 heteroatoms. The number of rotatable bonds is 14. The number of nitrogens with two attached hydrogens (primary N) is 1. The highest BCUT2D eigenvalue weighted by Crippen LogP contribution is 2.67. The first-order valence-electron chi connectivity index (χ1n) is 17.0. The molecule has 9 atom stereocenters. The summed E-state index contributed by atoms with van der Waals surface area (Å²) in [6.07, 6.45) is 18.8. The maximum atomic E-state index is 12.4. The zero-order valence-corrected chi connectivity index (χ0v) is 26.8. The fourth-order valence-corrected chi connectivity index (χ4v) is 9.88. The van der Waals surface area contributed by atoms with Crippen molar-refractivity contribution in [1.82, 2.24) is 5.32 Å². The van der Waals surface area contributed by atoms with Crippen molar-refractivity contribution in [3.63, 3.8) is 0 Å². The summed E-state index contributed by atoms with van der Waals surface area (Å²) in [5, 5.41) is 11.8. The zero-order chi connectivity index (χ0) is 29.8. The van der Waals surface area contributed by atoms with E-state index in [9.17, 15) is 9.59 Å². The summed E-state index contributed by atoms with van der Waals surface area (Å²) in [5.41, 5.74) is 7.96. The predicted octanol–water partition coefficient (Wildman–Crippen LogP) is 7.11. The van der Waals surface area contributed by atoms with Gasteiger partial charge < -0.3 is 20.9 Å². The zero-order valence-electron chi connectivity index (χ0n) is 26.8. The Morgan fingerprint density at radius 2 is 1.80 bits per heavy atom. The second-order valence-corrected chi connectivity index (χ2v) is 15.3. The molecule has 4 aliphatic carbocycles.